The lowest BCUT2D eigenvalue weighted by Gasteiger charge is -2.39. The second-order valence-electron chi connectivity index (χ2n) is 9.38. The minimum atomic E-state index is -0.303. The number of aromatic amines is 1. The Labute approximate surface area is 223 Å². The Morgan fingerprint density at radius 2 is 1.84 bits per heavy atom. The highest BCUT2D eigenvalue weighted by Crippen LogP contribution is 2.31. The topological polar surface area (TPSA) is 123 Å². The van der Waals surface area contributed by atoms with Crippen LogP contribution in [0.3, 0.4) is 0 Å². The zero-order valence-electron chi connectivity index (χ0n) is 20.7. The first-order valence-corrected chi connectivity index (χ1v) is 13.6. The number of nitrogens with one attached hydrogen (secondary N) is 2. The van der Waals surface area contributed by atoms with E-state index in [-0.39, 0.29) is 17.9 Å². The Morgan fingerprint density at radius 3 is 2.58 bits per heavy atom. The maximum Gasteiger partial charge on any atom is 0.320 e. The van der Waals surface area contributed by atoms with Crippen LogP contribution in [0, 0.1) is 0 Å². The molecule has 2 aliphatic heterocycles. The summed E-state index contributed by atoms with van der Waals surface area (Å²) in [5.74, 6) is 1.94. The van der Waals surface area contributed by atoms with Gasteiger partial charge in [-0.25, -0.2) is 14.8 Å². The van der Waals surface area contributed by atoms with Crippen LogP contribution >= 0.6 is 11.3 Å². The summed E-state index contributed by atoms with van der Waals surface area (Å²) in [5.41, 5.74) is 1.05. The average molecular weight is 533 g/mol. The highest BCUT2D eigenvalue weighted by atomic mass is 32.1. The molecule has 2 aliphatic rings. The van der Waals surface area contributed by atoms with E-state index < -0.39 is 0 Å². The fourth-order valence-electron chi connectivity index (χ4n) is 4.89. The average Bonchev–Trinajstić information content (AvgIpc) is 3.76. The molecule has 38 heavy (non-hydrogen) atoms. The van der Waals surface area contributed by atoms with Crippen molar-refractivity contribution in [2.75, 3.05) is 49.5 Å². The number of rotatable bonds is 5. The van der Waals surface area contributed by atoms with Crippen molar-refractivity contribution in [1.82, 2.24) is 30.0 Å². The highest BCUT2D eigenvalue weighted by Gasteiger charge is 2.30. The molecule has 0 unspecified atom stereocenters. The van der Waals surface area contributed by atoms with E-state index in [9.17, 15) is 9.59 Å². The third kappa shape index (κ3) is 5.12. The summed E-state index contributed by atoms with van der Waals surface area (Å²) < 4.78 is 5.34. The Bertz CT molecular complexity index is 1370. The molecular formula is C26H28N8O3S. The maximum absolute atomic E-state index is 13.1. The number of furan rings is 1. The maximum atomic E-state index is 13.1. The number of urea groups is 1. The molecule has 2 fully saturated rings. The number of carbonyl (C=O) groups is 2. The molecule has 0 saturated carbocycles. The summed E-state index contributed by atoms with van der Waals surface area (Å²) in [6.45, 7) is 4.33. The van der Waals surface area contributed by atoms with Crippen molar-refractivity contribution in [3.8, 4) is 11.5 Å². The van der Waals surface area contributed by atoms with E-state index in [1.54, 1.807) is 30.0 Å². The molecule has 2 saturated heterocycles. The zero-order chi connectivity index (χ0) is 25.9. The second-order valence-corrected chi connectivity index (χ2v) is 10.3. The summed E-state index contributed by atoms with van der Waals surface area (Å²) in [6, 6.07) is 11.3. The predicted octanol–water partition coefficient (Wildman–Crippen LogP) is 3.90. The number of hydrogen-bond donors (Lipinski definition) is 2. The largest absolute Gasteiger partial charge is 0.463 e. The van der Waals surface area contributed by atoms with Gasteiger partial charge in [-0.05, 0) is 37.1 Å². The molecule has 0 aliphatic carbocycles. The Morgan fingerprint density at radius 1 is 1.03 bits per heavy atom. The van der Waals surface area contributed by atoms with Gasteiger partial charge in [0.15, 0.2) is 11.6 Å². The number of pyridine rings is 1. The van der Waals surface area contributed by atoms with Gasteiger partial charge in [0.1, 0.15) is 17.2 Å². The second kappa shape index (κ2) is 10.7. The fourth-order valence-corrected chi connectivity index (χ4v) is 5.86. The number of amides is 3. The number of hydrogen-bond acceptors (Lipinski definition) is 8. The van der Waals surface area contributed by atoms with E-state index in [2.05, 4.69) is 30.4 Å². The van der Waals surface area contributed by atoms with Crippen LogP contribution in [0.2, 0.25) is 0 Å². The van der Waals surface area contributed by atoms with Gasteiger partial charge in [-0.3, -0.25) is 9.89 Å². The van der Waals surface area contributed by atoms with Gasteiger partial charge in [-0.2, -0.15) is 5.10 Å². The predicted molar refractivity (Wildman–Crippen MR) is 143 cm³/mol. The number of nitrogens with zero attached hydrogens (tertiary/aromatic N) is 6. The van der Waals surface area contributed by atoms with Gasteiger partial charge in [0, 0.05) is 62.8 Å². The third-order valence-corrected chi connectivity index (χ3v) is 8.01. The van der Waals surface area contributed by atoms with Gasteiger partial charge in [-0.1, -0.05) is 6.07 Å². The van der Waals surface area contributed by atoms with Gasteiger partial charge in [0.25, 0.3) is 5.91 Å². The number of piperazine rings is 1. The quantitative estimate of drug-likeness (QED) is 0.400. The van der Waals surface area contributed by atoms with Crippen molar-refractivity contribution in [3.05, 3.63) is 64.9 Å². The first kappa shape index (κ1) is 24.2. The van der Waals surface area contributed by atoms with Gasteiger partial charge in [0.05, 0.1) is 11.3 Å². The normalized spacial score (nSPS) is 16.6. The van der Waals surface area contributed by atoms with E-state index in [0.717, 1.165) is 36.8 Å². The standard InChI is InChI=1S/C26H28N8O3S/c35-24(29-22-16-19(30-31-22)21-4-3-15-37-21)20-17-38-25(28-20)18-6-9-33(10-7-18)26(36)34-13-11-32(12-14-34)23-5-1-2-8-27-23/h1-5,8,15-18H,6-7,9-14H2,(H2,29,30,31,35). The molecule has 4 aromatic rings. The summed E-state index contributed by atoms with van der Waals surface area (Å²) in [6.07, 6.45) is 5.05. The van der Waals surface area contributed by atoms with Gasteiger partial charge in [0.2, 0.25) is 0 Å². The minimum Gasteiger partial charge on any atom is -0.463 e. The minimum absolute atomic E-state index is 0.108. The number of likely N-dealkylation sites (tertiary alicyclic amines) is 1. The molecule has 0 aromatic carbocycles. The molecule has 0 bridgehead atoms. The Hall–Kier alpha value is -4.19. The Balaban J connectivity index is 0.988. The van der Waals surface area contributed by atoms with Gasteiger partial charge in [-0.15, -0.1) is 11.3 Å². The van der Waals surface area contributed by atoms with Crippen molar-refractivity contribution in [2.45, 2.75) is 18.8 Å². The molecule has 196 valence electrons. The summed E-state index contributed by atoms with van der Waals surface area (Å²) in [5, 5.41) is 12.5. The number of aromatic nitrogens is 4. The molecule has 12 heteroatoms. The summed E-state index contributed by atoms with van der Waals surface area (Å²) in [4.78, 5) is 41.0. The van der Waals surface area contributed by atoms with E-state index in [1.165, 1.54) is 11.3 Å². The highest BCUT2D eigenvalue weighted by molar-refractivity contribution is 7.10. The van der Waals surface area contributed by atoms with Crippen molar-refractivity contribution >= 4 is 34.9 Å². The van der Waals surface area contributed by atoms with Crippen LogP contribution in [0.4, 0.5) is 16.4 Å². The molecule has 3 amide bonds. The molecule has 6 heterocycles. The number of anilines is 2. The van der Waals surface area contributed by atoms with E-state index >= 15 is 0 Å². The molecule has 0 spiro atoms. The van der Waals surface area contributed by atoms with Crippen molar-refractivity contribution in [2.24, 2.45) is 0 Å². The number of carbonyl (C=O) groups excluding carboxylic acids is 2. The van der Waals surface area contributed by atoms with Crippen LogP contribution < -0.4 is 10.2 Å². The van der Waals surface area contributed by atoms with Crippen LogP contribution in [0.15, 0.2) is 58.7 Å². The lowest BCUT2D eigenvalue weighted by molar-refractivity contribution is 0.102. The van der Waals surface area contributed by atoms with Crippen LogP contribution in [-0.2, 0) is 0 Å². The number of thiazole rings is 1. The number of H-pyrrole nitrogens is 1. The lowest BCUT2D eigenvalue weighted by Crippen LogP contribution is -2.54. The van der Waals surface area contributed by atoms with E-state index in [4.69, 9.17) is 4.42 Å². The molecule has 0 radical (unpaired) electrons. The zero-order valence-corrected chi connectivity index (χ0v) is 21.6. The molecule has 6 rings (SSSR count). The van der Waals surface area contributed by atoms with Crippen molar-refractivity contribution < 1.29 is 14.0 Å². The van der Waals surface area contributed by atoms with Crippen LogP contribution in [0.5, 0.6) is 0 Å². The summed E-state index contributed by atoms with van der Waals surface area (Å²) >= 11 is 1.49. The lowest BCUT2D eigenvalue weighted by atomic mass is 9.98. The van der Waals surface area contributed by atoms with Crippen LogP contribution in [0.25, 0.3) is 11.5 Å². The van der Waals surface area contributed by atoms with E-state index in [1.807, 2.05) is 34.1 Å². The van der Waals surface area contributed by atoms with Crippen molar-refractivity contribution in [1.29, 1.82) is 0 Å². The van der Waals surface area contributed by atoms with Crippen LogP contribution in [-0.4, -0.2) is 81.2 Å². The fraction of sp³-hybridized carbons (Fsp3) is 0.346. The van der Waals surface area contributed by atoms with Gasteiger partial charge >= 0.3 is 6.03 Å². The van der Waals surface area contributed by atoms with E-state index in [0.29, 0.717) is 49.1 Å². The van der Waals surface area contributed by atoms with Crippen molar-refractivity contribution in [3.63, 3.8) is 0 Å². The van der Waals surface area contributed by atoms with Crippen LogP contribution in [0.1, 0.15) is 34.3 Å². The Kier molecular flexibility index (Phi) is 6.78. The molecular weight excluding hydrogens is 504 g/mol. The SMILES string of the molecule is O=C(Nc1cc(-c2ccco2)[nH]n1)c1csc(C2CCN(C(=O)N3CCN(c4ccccn4)CC3)CC2)n1. The van der Waals surface area contributed by atoms with Gasteiger partial charge < -0.3 is 24.4 Å². The molecule has 11 nitrogen and oxygen atoms in total. The molecule has 0 atom stereocenters. The molecule has 2 N–H and O–H groups in total. The third-order valence-electron chi connectivity index (χ3n) is 7.00. The summed E-state index contributed by atoms with van der Waals surface area (Å²) in [7, 11) is 0. The first-order valence-electron chi connectivity index (χ1n) is 12.7. The first-order chi connectivity index (χ1) is 18.6. The number of piperidine rings is 1. The smallest absolute Gasteiger partial charge is 0.320 e. The molecule has 4 aromatic heterocycles. The monoisotopic (exact) mass is 532 g/mol.